The number of hydrogen-bond donors (Lipinski definition) is 3. The summed E-state index contributed by atoms with van der Waals surface area (Å²) < 4.78 is 6.84. The van der Waals surface area contributed by atoms with E-state index in [1.807, 2.05) is 6.07 Å². The number of furan rings is 1. The van der Waals surface area contributed by atoms with Gasteiger partial charge in [0.2, 0.25) is 0 Å². The fraction of sp³-hybridized carbons (Fsp3) is 0.467. The second-order valence-electron chi connectivity index (χ2n) is 5.75. The number of hydrogen-bond acceptors (Lipinski definition) is 4. The lowest BCUT2D eigenvalue weighted by Gasteiger charge is -2.31. The van der Waals surface area contributed by atoms with Crippen molar-refractivity contribution in [2.45, 2.75) is 39.4 Å². The predicted octanol–water partition coefficient (Wildman–Crippen LogP) is -0.256. The third-order valence-electron chi connectivity index (χ3n) is 4.39. The monoisotopic (exact) mass is 305 g/mol. The van der Waals surface area contributed by atoms with Crippen LogP contribution in [0.2, 0.25) is 0 Å². The first-order chi connectivity index (χ1) is 10.6. The van der Waals surface area contributed by atoms with Crippen molar-refractivity contribution in [1.82, 2.24) is 9.55 Å². The van der Waals surface area contributed by atoms with E-state index >= 15 is 0 Å². The minimum absolute atomic E-state index is 0.302. The zero-order valence-electron chi connectivity index (χ0n) is 12.8. The summed E-state index contributed by atoms with van der Waals surface area (Å²) in [6.45, 7) is 5.91. The van der Waals surface area contributed by atoms with Crippen LogP contribution in [-0.2, 0) is 13.1 Å². The van der Waals surface area contributed by atoms with E-state index in [9.17, 15) is 9.59 Å². The van der Waals surface area contributed by atoms with Crippen LogP contribution < -0.4 is 21.5 Å². The summed E-state index contributed by atoms with van der Waals surface area (Å²) in [6, 6.07) is 4.04. The summed E-state index contributed by atoms with van der Waals surface area (Å²) in [7, 11) is 0. The third kappa shape index (κ3) is 2.59. The summed E-state index contributed by atoms with van der Waals surface area (Å²) in [5.74, 6) is 1.28. The van der Waals surface area contributed by atoms with E-state index in [0.29, 0.717) is 42.9 Å². The number of aromatic nitrogens is 2. The van der Waals surface area contributed by atoms with Crippen LogP contribution in [0.25, 0.3) is 0 Å². The summed E-state index contributed by atoms with van der Waals surface area (Å²) in [4.78, 5) is 28.0. The molecule has 0 aliphatic carbocycles. The molecule has 2 aromatic heterocycles. The lowest BCUT2D eigenvalue weighted by molar-refractivity contribution is -0.935. The molecule has 0 amide bonds. The Kier molecular flexibility index (Phi) is 3.89. The van der Waals surface area contributed by atoms with Crippen LogP contribution in [0.5, 0.6) is 0 Å². The van der Waals surface area contributed by atoms with Crippen LogP contribution in [0.1, 0.15) is 31.6 Å². The minimum atomic E-state index is -0.417. The van der Waals surface area contributed by atoms with Crippen molar-refractivity contribution in [3.8, 4) is 0 Å². The van der Waals surface area contributed by atoms with E-state index < -0.39 is 5.69 Å². The van der Waals surface area contributed by atoms with Gasteiger partial charge >= 0.3 is 5.69 Å². The minimum Gasteiger partial charge on any atom is -0.467 e. The van der Waals surface area contributed by atoms with E-state index in [1.165, 1.54) is 9.47 Å². The molecule has 2 atom stereocenters. The number of quaternary nitrogens is 1. The summed E-state index contributed by atoms with van der Waals surface area (Å²) >= 11 is 0. The van der Waals surface area contributed by atoms with E-state index in [1.54, 1.807) is 12.3 Å². The topological polar surface area (TPSA) is 84.5 Å². The van der Waals surface area contributed by atoms with Crippen LogP contribution in [0.15, 0.2) is 32.4 Å². The predicted molar refractivity (Wildman–Crippen MR) is 82.0 cm³/mol. The van der Waals surface area contributed by atoms with Gasteiger partial charge in [0, 0.05) is 0 Å². The molecule has 118 valence electrons. The second kappa shape index (κ2) is 5.84. The Bertz CT molecular complexity index is 760. The van der Waals surface area contributed by atoms with Crippen molar-refractivity contribution in [2.75, 3.05) is 12.0 Å². The number of fused-ring (bicyclic) bond motifs is 1. The summed E-state index contributed by atoms with van der Waals surface area (Å²) in [5.41, 5.74) is -0.0870. The summed E-state index contributed by atoms with van der Waals surface area (Å²) in [6.07, 6.45) is 2.61. The number of H-pyrrole nitrogens is 1. The maximum absolute atomic E-state index is 12.2. The largest absolute Gasteiger partial charge is 0.467 e. The lowest BCUT2D eigenvalue weighted by atomic mass is 10.1. The molecule has 3 heterocycles. The lowest BCUT2D eigenvalue weighted by Crippen LogP contribution is -3.16. The van der Waals surface area contributed by atoms with Gasteiger partial charge in [0.1, 0.15) is 23.7 Å². The number of rotatable bonds is 4. The molecule has 0 saturated heterocycles. The highest BCUT2D eigenvalue weighted by atomic mass is 16.3. The van der Waals surface area contributed by atoms with Gasteiger partial charge in [-0.15, -0.1) is 0 Å². The fourth-order valence-electron chi connectivity index (χ4n) is 2.81. The quantitative estimate of drug-likeness (QED) is 0.727. The fourth-order valence-corrected chi connectivity index (χ4v) is 2.81. The highest BCUT2D eigenvalue weighted by Gasteiger charge is 2.28. The van der Waals surface area contributed by atoms with E-state index in [0.717, 1.165) is 6.42 Å². The SMILES string of the molecule is CC[C@@H](C)[NH+]1CNc2c(c(=O)[nH]c(=O)n2Cc2ccco2)C1. The molecule has 1 aliphatic heterocycles. The first-order valence-electron chi connectivity index (χ1n) is 7.57. The number of nitrogens with one attached hydrogen (secondary N) is 3. The van der Waals surface area contributed by atoms with Crippen LogP contribution in [0.4, 0.5) is 5.82 Å². The third-order valence-corrected chi connectivity index (χ3v) is 4.39. The molecule has 2 aromatic rings. The Labute approximate surface area is 127 Å². The molecule has 1 aliphatic rings. The highest BCUT2D eigenvalue weighted by molar-refractivity contribution is 5.44. The normalized spacial score (nSPS) is 18.5. The van der Waals surface area contributed by atoms with Crippen LogP contribution in [-0.4, -0.2) is 22.3 Å². The van der Waals surface area contributed by atoms with Gasteiger partial charge in [-0.2, -0.15) is 0 Å². The average molecular weight is 305 g/mol. The first-order valence-corrected chi connectivity index (χ1v) is 7.57. The molecule has 0 fully saturated rings. The molecule has 0 bridgehead atoms. The van der Waals surface area contributed by atoms with E-state index in [2.05, 4.69) is 24.1 Å². The van der Waals surface area contributed by atoms with Crippen LogP contribution >= 0.6 is 0 Å². The molecule has 0 radical (unpaired) electrons. The van der Waals surface area contributed by atoms with Crippen molar-refractivity contribution in [3.63, 3.8) is 0 Å². The Balaban J connectivity index is 2.00. The van der Waals surface area contributed by atoms with Crippen molar-refractivity contribution in [3.05, 3.63) is 50.6 Å². The van der Waals surface area contributed by atoms with Crippen LogP contribution in [0.3, 0.4) is 0 Å². The molecule has 3 rings (SSSR count). The van der Waals surface area contributed by atoms with E-state index in [-0.39, 0.29) is 5.56 Å². The second-order valence-corrected chi connectivity index (χ2v) is 5.75. The van der Waals surface area contributed by atoms with Gasteiger partial charge < -0.3 is 14.6 Å². The average Bonchev–Trinajstić information content (AvgIpc) is 3.03. The standard InChI is InChI=1S/C15H20N4O3/c1-3-10(2)18-8-12-13(16-9-18)19(15(21)17-14(12)20)7-11-5-4-6-22-11/h4-6,10,16H,3,7-9H2,1-2H3,(H,17,20,21)/p+1/t10-/m1/s1. The van der Waals surface area contributed by atoms with Crippen molar-refractivity contribution in [1.29, 1.82) is 0 Å². The Morgan fingerprint density at radius 1 is 1.45 bits per heavy atom. The highest BCUT2D eigenvalue weighted by Crippen LogP contribution is 2.13. The molecular weight excluding hydrogens is 284 g/mol. The Morgan fingerprint density at radius 3 is 2.95 bits per heavy atom. The smallest absolute Gasteiger partial charge is 0.330 e. The molecule has 0 aromatic carbocycles. The van der Waals surface area contributed by atoms with Gasteiger partial charge in [-0.25, -0.2) is 4.79 Å². The van der Waals surface area contributed by atoms with Crippen molar-refractivity contribution < 1.29 is 9.32 Å². The van der Waals surface area contributed by atoms with Gasteiger partial charge in [0.15, 0.2) is 6.67 Å². The Hall–Kier alpha value is -2.28. The zero-order valence-corrected chi connectivity index (χ0v) is 12.8. The van der Waals surface area contributed by atoms with Gasteiger partial charge in [0.25, 0.3) is 5.56 Å². The maximum atomic E-state index is 12.2. The van der Waals surface area contributed by atoms with E-state index in [4.69, 9.17) is 4.42 Å². The first kappa shape index (κ1) is 14.6. The molecule has 7 heteroatoms. The number of nitrogens with zero attached hydrogens (tertiary/aromatic N) is 1. The van der Waals surface area contributed by atoms with Crippen molar-refractivity contribution >= 4 is 5.82 Å². The van der Waals surface area contributed by atoms with Gasteiger partial charge in [0.05, 0.1) is 18.8 Å². The van der Waals surface area contributed by atoms with Gasteiger partial charge in [-0.05, 0) is 25.5 Å². The molecular formula is C15H21N4O3+. The molecule has 1 unspecified atom stereocenters. The Morgan fingerprint density at radius 2 is 2.27 bits per heavy atom. The van der Waals surface area contributed by atoms with Gasteiger partial charge in [-0.1, -0.05) is 6.92 Å². The van der Waals surface area contributed by atoms with Gasteiger partial charge in [-0.3, -0.25) is 14.3 Å². The maximum Gasteiger partial charge on any atom is 0.330 e. The van der Waals surface area contributed by atoms with Crippen LogP contribution in [0, 0.1) is 0 Å². The number of anilines is 1. The molecule has 3 N–H and O–H groups in total. The number of aromatic amines is 1. The summed E-state index contributed by atoms with van der Waals surface area (Å²) in [5, 5.41) is 3.25. The molecule has 0 spiro atoms. The molecule has 0 saturated carbocycles. The van der Waals surface area contributed by atoms with Crippen molar-refractivity contribution in [2.24, 2.45) is 0 Å². The molecule has 22 heavy (non-hydrogen) atoms. The zero-order chi connectivity index (χ0) is 15.7. The molecule has 7 nitrogen and oxygen atoms in total.